The van der Waals surface area contributed by atoms with E-state index in [2.05, 4.69) is 38.4 Å². The highest BCUT2D eigenvalue weighted by molar-refractivity contribution is 9.11. The second-order valence-electron chi connectivity index (χ2n) is 4.34. The van der Waals surface area contributed by atoms with Crippen molar-refractivity contribution in [3.63, 3.8) is 0 Å². The van der Waals surface area contributed by atoms with Gasteiger partial charge in [0.2, 0.25) is 0 Å². The average molecular weight is 447 g/mol. The molecule has 0 aliphatic carbocycles. The lowest BCUT2D eigenvalue weighted by Gasteiger charge is -2.10. The second-order valence-corrected chi connectivity index (χ2v) is 7.04. The van der Waals surface area contributed by atoms with Gasteiger partial charge in [0.05, 0.1) is 13.9 Å². The largest absolute Gasteiger partial charge is 0.487 e. The van der Waals surface area contributed by atoms with Gasteiger partial charge in [-0.2, -0.15) is 0 Å². The summed E-state index contributed by atoms with van der Waals surface area (Å²) in [6.07, 6.45) is 3.36. The van der Waals surface area contributed by atoms with Gasteiger partial charge in [0.25, 0.3) is 11.1 Å². The van der Waals surface area contributed by atoms with Gasteiger partial charge in [-0.1, -0.05) is 12.7 Å². The molecule has 0 unspecified atom stereocenters. The van der Waals surface area contributed by atoms with E-state index in [-0.39, 0.29) is 11.1 Å². The van der Waals surface area contributed by atoms with Crippen molar-refractivity contribution < 1.29 is 14.3 Å². The molecule has 0 N–H and O–H groups in total. The molecule has 1 aromatic carbocycles. The lowest BCUT2D eigenvalue weighted by Crippen LogP contribution is -2.27. The van der Waals surface area contributed by atoms with E-state index in [1.165, 1.54) is 4.90 Å². The van der Waals surface area contributed by atoms with Crippen LogP contribution >= 0.6 is 43.6 Å². The third-order valence-corrected chi connectivity index (χ3v) is 4.94. The number of likely N-dealkylation sites (N-methyl/N-ethyl adjacent to an activating group) is 1. The molecule has 2 rings (SSSR count). The highest BCUT2D eigenvalue weighted by Gasteiger charge is 2.33. The summed E-state index contributed by atoms with van der Waals surface area (Å²) in [6.45, 7) is 6.16. The van der Waals surface area contributed by atoms with E-state index in [0.717, 1.165) is 26.3 Å². The van der Waals surface area contributed by atoms with E-state index in [9.17, 15) is 9.59 Å². The summed E-state index contributed by atoms with van der Waals surface area (Å²) >= 11 is 7.84. The molecule has 0 radical (unpaired) electrons. The summed E-state index contributed by atoms with van der Waals surface area (Å²) in [7, 11) is 0. The second kappa shape index (κ2) is 7.48. The normalized spacial score (nSPS) is 16.5. The number of carbonyl (C=O) groups is 2. The van der Waals surface area contributed by atoms with Crippen LogP contribution in [-0.2, 0) is 4.79 Å². The third kappa shape index (κ3) is 3.64. The third-order valence-electron chi connectivity index (χ3n) is 2.85. The Bertz CT molecular complexity index is 650. The molecule has 116 valence electrons. The van der Waals surface area contributed by atoms with Crippen molar-refractivity contribution in [2.24, 2.45) is 0 Å². The maximum absolute atomic E-state index is 12.1. The van der Waals surface area contributed by atoms with Gasteiger partial charge in [0, 0.05) is 6.54 Å². The van der Waals surface area contributed by atoms with Crippen LogP contribution in [0.5, 0.6) is 5.75 Å². The van der Waals surface area contributed by atoms with Crippen molar-refractivity contribution in [1.29, 1.82) is 0 Å². The molecule has 22 heavy (non-hydrogen) atoms. The summed E-state index contributed by atoms with van der Waals surface area (Å²) < 4.78 is 7.06. The van der Waals surface area contributed by atoms with Gasteiger partial charge in [-0.3, -0.25) is 14.5 Å². The lowest BCUT2D eigenvalue weighted by molar-refractivity contribution is -0.122. The van der Waals surface area contributed by atoms with Crippen LogP contribution < -0.4 is 4.74 Å². The van der Waals surface area contributed by atoms with E-state index < -0.39 is 0 Å². The van der Waals surface area contributed by atoms with Crippen LogP contribution in [-0.4, -0.2) is 29.2 Å². The molecular weight excluding hydrogens is 434 g/mol. The molecule has 0 saturated carbocycles. The van der Waals surface area contributed by atoms with Gasteiger partial charge in [-0.25, -0.2) is 0 Å². The van der Waals surface area contributed by atoms with Crippen molar-refractivity contribution in [1.82, 2.24) is 4.90 Å². The van der Waals surface area contributed by atoms with Gasteiger partial charge < -0.3 is 4.74 Å². The number of carbonyl (C=O) groups excluding carboxylic acids is 2. The molecule has 0 aromatic heterocycles. The maximum Gasteiger partial charge on any atom is 0.293 e. The summed E-state index contributed by atoms with van der Waals surface area (Å²) in [5.41, 5.74) is 0.798. The van der Waals surface area contributed by atoms with Gasteiger partial charge >= 0.3 is 0 Å². The predicted octanol–water partition coefficient (Wildman–Crippen LogP) is 4.83. The van der Waals surface area contributed by atoms with Crippen LogP contribution in [0.3, 0.4) is 0 Å². The number of halogens is 2. The first-order valence-electron chi connectivity index (χ1n) is 6.46. The Hall–Kier alpha value is -1.05. The van der Waals surface area contributed by atoms with E-state index >= 15 is 0 Å². The van der Waals surface area contributed by atoms with Gasteiger partial charge in [-0.05, 0) is 74.3 Å². The number of amides is 2. The number of hydrogen-bond acceptors (Lipinski definition) is 4. The number of thioether (sulfide) groups is 1. The van der Waals surface area contributed by atoms with E-state index in [1.807, 2.05) is 12.1 Å². The minimum Gasteiger partial charge on any atom is -0.487 e. The number of ether oxygens (including phenoxy) is 1. The van der Waals surface area contributed by atoms with Crippen LogP contribution in [0, 0.1) is 0 Å². The smallest absolute Gasteiger partial charge is 0.293 e. The fraction of sp³-hybridized carbons (Fsp3) is 0.200. The van der Waals surface area contributed by atoms with Gasteiger partial charge in [-0.15, -0.1) is 0 Å². The Balaban J connectivity index is 2.31. The molecule has 0 atom stereocenters. The first-order valence-corrected chi connectivity index (χ1v) is 8.86. The first-order chi connectivity index (χ1) is 10.5. The molecule has 1 fully saturated rings. The Kier molecular flexibility index (Phi) is 5.88. The monoisotopic (exact) mass is 445 g/mol. The summed E-state index contributed by atoms with van der Waals surface area (Å²) in [5.74, 6) is 0.412. The molecule has 0 spiro atoms. The fourth-order valence-corrected chi connectivity index (χ4v) is 4.22. The number of imide groups is 1. The average Bonchev–Trinajstić information content (AvgIpc) is 2.72. The molecule has 1 heterocycles. The summed E-state index contributed by atoms with van der Waals surface area (Å²) in [5, 5.41) is -0.234. The number of nitrogens with zero attached hydrogens (tertiary/aromatic N) is 1. The topological polar surface area (TPSA) is 46.6 Å². The van der Waals surface area contributed by atoms with Gasteiger partial charge in [0.15, 0.2) is 0 Å². The SMILES string of the molecule is C=CCOc1c(Br)cc(/C=C2\SC(=O)N(CC)C2=O)cc1Br. The van der Waals surface area contributed by atoms with Crippen molar-refractivity contribution in [3.8, 4) is 5.75 Å². The molecule has 0 bridgehead atoms. The minimum atomic E-state index is -0.253. The zero-order valence-electron chi connectivity index (χ0n) is 11.8. The quantitative estimate of drug-likeness (QED) is 0.479. The number of hydrogen-bond donors (Lipinski definition) is 0. The fourth-order valence-electron chi connectivity index (χ4n) is 1.87. The zero-order valence-corrected chi connectivity index (χ0v) is 15.8. The first kappa shape index (κ1) is 17.3. The van der Waals surface area contributed by atoms with E-state index in [1.54, 1.807) is 19.1 Å². The summed E-state index contributed by atoms with van der Waals surface area (Å²) in [6, 6.07) is 3.67. The molecule has 1 aromatic rings. The van der Waals surface area contributed by atoms with Crippen molar-refractivity contribution in [3.05, 3.63) is 44.2 Å². The molecule has 1 saturated heterocycles. The molecular formula is C15H13Br2NO3S. The molecule has 1 aliphatic rings. The predicted molar refractivity (Wildman–Crippen MR) is 95.9 cm³/mol. The minimum absolute atomic E-state index is 0.234. The Labute approximate surface area is 149 Å². The Morgan fingerprint density at radius 1 is 1.32 bits per heavy atom. The van der Waals surface area contributed by atoms with Crippen molar-refractivity contribution in [2.45, 2.75) is 6.92 Å². The summed E-state index contributed by atoms with van der Waals surface area (Å²) in [4.78, 5) is 25.4. The van der Waals surface area contributed by atoms with Crippen LogP contribution in [0.2, 0.25) is 0 Å². The number of benzene rings is 1. The maximum atomic E-state index is 12.1. The van der Waals surface area contributed by atoms with Crippen LogP contribution in [0.15, 0.2) is 38.6 Å². The van der Waals surface area contributed by atoms with Crippen molar-refractivity contribution in [2.75, 3.05) is 13.2 Å². The highest BCUT2D eigenvalue weighted by Crippen LogP contribution is 2.37. The Morgan fingerprint density at radius 3 is 2.45 bits per heavy atom. The number of rotatable bonds is 5. The molecule has 2 amide bonds. The molecule has 7 heteroatoms. The Morgan fingerprint density at radius 2 is 1.95 bits per heavy atom. The van der Waals surface area contributed by atoms with E-state index in [0.29, 0.717) is 23.8 Å². The zero-order chi connectivity index (χ0) is 16.3. The lowest BCUT2D eigenvalue weighted by atomic mass is 10.2. The van der Waals surface area contributed by atoms with E-state index in [4.69, 9.17) is 4.74 Å². The van der Waals surface area contributed by atoms with Crippen molar-refractivity contribution >= 4 is 60.8 Å². The van der Waals surface area contributed by atoms with Crippen LogP contribution in [0.25, 0.3) is 6.08 Å². The van der Waals surface area contributed by atoms with Gasteiger partial charge in [0.1, 0.15) is 12.4 Å². The molecule has 4 nitrogen and oxygen atoms in total. The standard InChI is InChI=1S/C15H13Br2NO3S/c1-3-5-21-13-10(16)6-9(7-11(13)17)8-12-14(19)18(4-2)15(20)22-12/h3,6-8H,1,4-5H2,2H3/b12-8-. The van der Waals surface area contributed by atoms with Crippen LogP contribution in [0.4, 0.5) is 4.79 Å². The van der Waals surface area contributed by atoms with Crippen LogP contribution in [0.1, 0.15) is 12.5 Å². The highest BCUT2D eigenvalue weighted by atomic mass is 79.9. The molecule has 1 aliphatic heterocycles.